The molecule has 5 nitrogen and oxygen atoms in total. The Labute approximate surface area is 95.0 Å². The number of nitriles is 1. The third kappa shape index (κ3) is 3.31. The van der Waals surface area contributed by atoms with Crippen LogP contribution >= 0.6 is 0 Å². The Balaban J connectivity index is 2.40. The highest BCUT2D eigenvalue weighted by molar-refractivity contribution is 5.98. The van der Waals surface area contributed by atoms with Crippen molar-refractivity contribution < 1.29 is 14.3 Å². The van der Waals surface area contributed by atoms with Crippen molar-refractivity contribution in [3.63, 3.8) is 0 Å². The lowest BCUT2D eigenvalue weighted by molar-refractivity contribution is -0.158. The molecule has 88 valence electrons. The number of morpholine rings is 1. The molecular weight excluding hydrogens is 208 g/mol. The number of nitrogens with zero attached hydrogens (tertiary/aromatic N) is 2. The number of rotatable bonds is 4. The Kier molecular flexibility index (Phi) is 4.02. The maximum Gasteiger partial charge on any atom is 0.255 e. The zero-order chi connectivity index (χ0) is 12.2. The molecule has 5 heteroatoms. The van der Waals surface area contributed by atoms with Crippen LogP contribution in [0.25, 0.3) is 0 Å². The highest BCUT2D eigenvalue weighted by atomic mass is 16.5. The Morgan fingerprint density at radius 3 is 2.44 bits per heavy atom. The maximum atomic E-state index is 11.3. The summed E-state index contributed by atoms with van der Waals surface area (Å²) in [4.78, 5) is 23.9. The van der Waals surface area contributed by atoms with E-state index in [2.05, 4.69) is 6.07 Å². The summed E-state index contributed by atoms with van der Waals surface area (Å²) in [5, 5.41) is 8.82. The second kappa shape index (κ2) is 5.08. The molecule has 0 radical (unpaired) electrons. The molecule has 1 saturated heterocycles. The summed E-state index contributed by atoms with van der Waals surface area (Å²) in [6, 6.07) is 2.19. The second-order valence-electron chi connectivity index (χ2n) is 4.53. The van der Waals surface area contributed by atoms with Gasteiger partial charge < -0.3 is 4.74 Å². The summed E-state index contributed by atoms with van der Waals surface area (Å²) in [7, 11) is 0. The molecule has 0 aromatic heterocycles. The Bertz CT molecular complexity index is 315. The van der Waals surface area contributed by atoms with Crippen LogP contribution < -0.4 is 0 Å². The highest BCUT2D eigenvalue weighted by Gasteiger charge is 2.26. The number of ether oxygens (including phenoxy) is 1. The van der Waals surface area contributed by atoms with E-state index in [9.17, 15) is 9.59 Å². The van der Waals surface area contributed by atoms with Crippen LogP contribution in [0.15, 0.2) is 0 Å². The van der Waals surface area contributed by atoms with Gasteiger partial charge in [0.05, 0.1) is 11.5 Å². The minimum absolute atomic E-state index is 0.0205. The molecule has 1 rings (SSSR count). The number of amides is 2. The molecule has 0 N–H and O–H groups in total. The molecule has 1 fully saturated rings. The summed E-state index contributed by atoms with van der Waals surface area (Å²) in [6.45, 7) is 4.03. The first-order valence-electron chi connectivity index (χ1n) is 5.28. The van der Waals surface area contributed by atoms with E-state index in [1.807, 2.05) is 13.8 Å². The number of carbonyl (C=O) groups is 2. The van der Waals surface area contributed by atoms with E-state index in [-0.39, 0.29) is 25.0 Å². The third-order valence-corrected chi connectivity index (χ3v) is 2.54. The smallest absolute Gasteiger partial charge is 0.255 e. The zero-order valence-electron chi connectivity index (χ0n) is 9.65. The van der Waals surface area contributed by atoms with Gasteiger partial charge in [-0.1, -0.05) is 0 Å². The summed E-state index contributed by atoms with van der Waals surface area (Å²) >= 11 is 0. The lowest BCUT2D eigenvalue weighted by Gasteiger charge is -2.25. The summed E-state index contributed by atoms with van der Waals surface area (Å²) in [6.07, 6.45) is 1.32. The van der Waals surface area contributed by atoms with Gasteiger partial charge in [0.15, 0.2) is 0 Å². The molecule has 0 aromatic rings. The number of hydrogen-bond donors (Lipinski definition) is 0. The Morgan fingerprint density at radius 1 is 1.38 bits per heavy atom. The van der Waals surface area contributed by atoms with Gasteiger partial charge in [0.25, 0.3) is 11.8 Å². The van der Waals surface area contributed by atoms with E-state index < -0.39 is 5.41 Å². The highest BCUT2D eigenvalue weighted by Crippen LogP contribution is 2.21. The van der Waals surface area contributed by atoms with Gasteiger partial charge in [-0.05, 0) is 26.7 Å². The van der Waals surface area contributed by atoms with Crippen LogP contribution in [-0.2, 0) is 14.3 Å². The minimum Gasteiger partial charge on any atom is -0.362 e. The standard InChI is InChI=1S/C11H16N2O3/c1-11(2,8-12)4-3-5-13-9(14)6-16-7-10(13)15/h3-7H2,1-2H3. The number of carbonyl (C=O) groups excluding carboxylic acids is 2. The minimum atomic E-state index is -0.404. The third-order valence-electron chi connectivity index (χ3n) is 2.54. The first-order chi connectivity index (χ1) is 7.46. The van der Waals surface area contributed by atoms with Crippen molar-refractivity contribution in [2.45, 2.75) is 26.7 Å². The Morgan fingerprint density at radius 2 is 1.94 bits per heavy atom. The van der Waals surface area contributed by atoms with Crippen molar-refractivity contribution in [1.82, 2.24) is 4.90 Å². The molecule has 1 heterocycles. The molecule has 0 unspecified atom stereocenters. The average molecular weight is 224 g/mol. The van der Waals surface area contributed by atoms with E-state index in [4.69, 9.17) is 10.00 Å². The lowest BCUT2D eigenvalue weighted by Crippen LogP contribution is -2.46. The van der Waals surface area contributed by atoms with Gasteiger partial charge in [-0.15, -0.1) is 0 Å². The van der Waals surface area contributed by atoms with Crippen LogP contribution in [0, 0.1) is 16.7 Å². The van der Waals surface area contributed by atoms with E-state index in [1.165, 1.54) is 4.90 Å². The molecule has 1 aliphatic rings. The van der Waals surface area contributed by atoms with Crippen LogP contribution in [0.4, 0.5) is 0 Å². The number of hydrogen-bond acceptors (Lipinski definition) is 4. The van der Waals surface area contributed by atoms with Crippen molar-refractivity contribution in [1.29, 1.82) is 5.26 Å². The quantitative estimate of drug-likeness (QED) is 0.659. The molecular formula is C11H16N2O3. The van der Waals surface area contributed by atoms with E-state index in [0.29, 0.717) is 19.4 Å². The van der Waals surface area contributed by atoms with Gasteiger partial charge in [0, 0.05) is 6.54 Å². The predicted molar refractivity (Wildman–Crippen MR) is 56.2 cm³/mol. The average Bonchev–Trinajstić information content (AvgIpc) is 2.22. The van der Waals surface area contributed by atoms with Gasteiger partial charge >= 0.3 is 0 Å². The fraction of sp³-hybridized carbons (Fsp3) is 0.727. The van der Waals surface area contributed by atoms with E-state index in [1.54, 1.807) is 0 Å². The molecule has 0 saturated carbocycles. The van der Waals surface area contributed by atoms with Gasteiger partial charge in [-0.25, -0.2) is 0 Å². The van der Waals surface area contributed by atoms with Crippen molar-refractivity contribution in [3.05, 3.63) is 0 Å². The largest absolute Gasteiger partial charge is 0.362 e. The summed E-state index contributed by atoms with van der Waals surface area (Å²) < 4.78 is 4.80. The van der Waals surface area contributed by atoms with Gasteiger partial charge in [0.2, 0.25) is 0 Å². The summed E-state index contributed by atoms with van der Waals surface area (Å²) in [5.41, 5.74) is -0.404. The van der Waals surface area contributed by atoms with Crippen LogP contribution in [0.1, 0.15) is 26.7 Å². The maximum absolute atomic E-state index is 11.3. The molecule has 0 atom stereocenters. The second-order valence-corrected chi connectivity index (χ2v) is 4.53. The molecule has 16 heavy (non-hydrogen) atoms. The van der Waals surface area contributed by atoms with E-state index >= 15 is 0 Å². The zero-order valence-corrected chi connectivity index (χ0v) is 9.65. The fourth-order valence-electron chi connectivity index (χ4n) is 1.50. The lowest BCUT2D eigenvalue weighted by atomic mass is 9.90. The van der Waals surface area contributed by atoms with Crippen molar-refractivity contribution in [2.24, 2.45) is 5.41 Å². The molecule has 0 spiro atoms. The SMILES string of the molecule is CC(C)(C#N)CCCN1C(=O)COCC1=O. The summed E-state index contributed by atoms with van der Waals surface area (Å²) in [5.74, 6) is -0.572. The normalized spacial score (nSPS) is 17.4. The van der Waals surface area contributed by atoms with Crippen molar-refractivity contribution in [2.75, 3.05) is 19.8 Å². The molecule has 1 aliphatic heterocycles. The van der Waals surface area contributed by atoms with Gasteiger partial charge in [-0.3, -0.25) is 14.5 Å². The van der Waals surface area contributed by atoms with Crippen LogP contribution in [-0.4, -0.2) is 36.5 Å². The topological polar surface area (TPSA) is 70.4 Å². The van der Waals surface area contributed by atoms with Crippen molar-refractivity contribution >= 4 is 11.8 Å². The predicted octanol–water partition coefficient (Wildman–Crippen LogP) is 0.702. The first kappa shape index (κ1) is 12.7. The Hall–Kier alpha value is -1.41. The van der Waals surface area contributed by atoms with Gasteiger partial charge in [0.1, 0.15) is 13.2 Å². The van der Waals surface area contributed by atoms with E-state index in [0.717, 1.165) is 0 Å². The monoisotopic (exact) mass is 224 g/mol. The molecule has 0 bridgehead atoms. The molecule has 0 aromatic carbocycles. The first-order valence-corrected chi connectivity index (χ1v) is 5.28. The molecule has 0 aliphatic carbocycles. The van der Waals surface area contributed by atoms with Crippen molar-refractivity contribution in [3.8, 4) is 6.07 Å². The number of imide groups is 1. The van der Waals surface area contributed by atoms with Crippen LogP contribution in [0.2, 0.25) is 0 Å². The van der Waals surface area contributed by atoms with Crippen LogP contribution in [0.5, 0.6) is 0 Å². The van der Waals surface area contributed by atoms with Crippen LogP contribution in [0.3, 0.4) is 0 Å². The van der Waals surface area contributed by atoms with Gasteiger partial charge in [-0.2, -0.15) is 5.26 Å². The molecule has 2 amide bonds. The fourth-order valence-corrected chi connectivity index (χ4v) is 1.50.